The smallest absolute Gasteiger partial charge is 0.180 e. The average molecular weight is 265 g/mol. The summed E-state index contributed by atoms with van der Waals surface area (Å²) in [5.74, 6) is 0.0150. The number of hydrogen-bond acceptors (Lipinski definition) is 6. The van der Waals surface area contributed by atoms with Gasteiger partial charge in [0.2, 0.25) is 0 Å². The molecule has 2 aromatic rings. The summed E-state index contributed by atoms with van der Waals surface area (Å²) in [6.45, 7) is 3.80. The topological polar surface area (TPSA) is 88.5 Å². The maximum atomic E-state index is 7.51. The van der Waals surface area contributed by atoms with Crippen molar-refractivity contribution in [2.75, 3.05) is 0 Å². The summed E-state index contributed by atoms with van der Waals surface area (Å²) in [4.78, 5) is 4.38. The summed E-state index contributed by atoms with van der Waals surface area (Å²) in [5.41, 5.74) is 7.04. The van der Waals surface area contributed by atoms with Gasteiger partial charge in [0.15, 0.2) is 4.34 Å². The number of aromatic nitrogens is 3. The van der Waals surface area contributed by atoms with Crippen LogP contribution < -0.4 is 5.73 Å². The number of rotatable bonds is 3. The first kappa shape index (κ1) is 12.0. The minimum Gasteiger partial charge on any atom is -0.384 e. The Kier molecular flexibility index (Phi) is 3.39. The number of nitrogens with zero attached hydrogens (tertiary/aromatic N) is 3. The maximum absolute atomic E-state index is 7.51. The van der Waals surface area contributed by atoms with Crippen LogP contribution in [-0.2, 0) is 0 Å². The highest BCUT2D eigenvalue weighted by Crippen LogP contribution is 2.30. The minimum atomic E-state index is 0.0150. The van der Waals surface area contributed by atoms with E-state index in [1.165, 1.54) is 23.1 Å². The van der Waals surface area contributed by atoms with Crippen LogP contribution >= 0.6 is 23.1 Å². The molecule has 7 heteroatoms. The SMILES string of the molecule is Cc1ccc(C(=N)N)c(Sc2nnc(C)s2)n1. The fourth-order valence-electron chi connectivity index (χ4n) is 1.22. The molecule has 2 aromatic heterocycles. The van der Waals surface area contributed by atoms with E-state index in [2.05, 4.69) is 15.2 Å². The zero-order chi connectivity index (χ0) is 12.4. The summed E-state index contributed by atoms with van der Waals surface area (Å²) in [7, 11) is 0. The Morgan fingerprint density at radius 1 is 1.35 bits per heavy atom. The second-order valence-corrected chi connectivity index (χ2v) is 5.83. The highest BCUT2D eigenvalue weighted by molar-refractivity contribution is 8.01. The van der Waals surface area contributed by atoms with Crippen LogP contribution in [0.5, 0.6) is 0 Å². The van der Waals surface area contributed by atoms with E-state index in [-0.39, 0.29) is 5.84 Å². The quantitative estimate of drug-likeness (QED) is 0.654. The molecule has 3 N–H and O–H groups in total. The minimum absolute atomic E-state index is 0.0150. The number of amidine groups is 1. The van der Waals surface area contributed by atoms with Crippen molar-refractivity contribution < 1.29 is 0 Å². The molecule has 0 radical (unpaired) electrons. The molecule has 0 unspecified atom stereocenters. The molecule has 2 rings (SSSR count). The van der Waals surface area contributed by atoms with E-state index >= 15 is 0 Å². The predicted octanol–water partition coefficient (Wildman–Crippen LogP) is 1.99. The van der Waals surface area contributed by atoms with Gasteiger partial charge in [-0.15, -0.1) is 10.2 Å². The van der Waals surface area contributed by atoms with Crippen molar-refractivity contribution in [3.63, 3.8) is 0 Å². The molecule has 0 amide bonds. The van der Waals surface area contributed by atoms with E-state index in [0.29, 0.717) is 10.6 Å². The van der Waals surface area contributed by atoms with E-state index in [0.717, 1.165) is 15.0 Å². The second kappa shape index (κ2) is 4.80. The molecular weight excluding hydrogens is 254 g/mol. The third-order valence-corrected chi connectivity index (χ3v) is 3.88. The molecular formula is C10H11N5S2. The Hall–Kier alpha value is -1.47. The molecule has 0 aliphatic heterocycles. The van der Waals surface area contributed by atoms with Crippen molar-refractivity contribution in [1.29, 1.82) is 5.41 Å². The van der Waals surface area contributed by atoms with E-state index in [9.17, 15) is 0 Å². The maximum Gasteiger partial charge on any atom is 0.180 e. The first-order valence-corrected chi connectivity index (χ1v) is 6.49. The Labute approximate surface area is 107 Å². The molecule has 0 spiro atoms. The van der Waals surface area contributed by atoms with E-state index in [1.807, 2.05) is 19.9 Å². The summed E-state index contributed by atoms with van der Waals surface area (Å²) >= 11 is 2.89. The van der Waals surface area contributed by atoms with Crippen LogP contribution in [0.25, 0.3) is 0 Å². The first-order chi connectivity index (χ1) is 8.06. The van der Waals surface area contributed by atoms with Gasteiger partial charge in [-0.25, -0.2) is 4.98 Å². The third-order valence-electron chi connectivity index (χ3n) is 1.98. The molecule has 0 aliphatic carbocycles. The Morgan fingerprint density at radius 2 is 2.12 bits per heavy atom. The molecule has 0 bridgehead atoms. The molecule has 0 saturated heterocycles. The van der Waals surface area contributed by atoms with Crippen LogP contribution in [0.1, 0.15) is 16.3 Å². The highest BCUT2D eigenvalue weighted by Gasteiger charge is 2.11. The van der Waals surface area contributed by atoms with Gasteiger partial charge in [0.25, 0.3) is 0 Å². The van der Waals surface area contributed by atoms with Crippen molar-refractivity contribution in [1.82, 2.24) is 15.2 Å². The van der Waals surface area contributed by atoms with Gasteiger partial charge in [0.1, 0.15) is 15.9 Å². The number of nitrogens with one attached hydrogen (secondary N) is 1. The highest BCUT2D eigenvalue weighted by atomic mass is 32.2. The summed E-state index contributed by atoms with van der Waals surface area (Å²) in [6.07, 6.45) is 0. The lowest BCUT2D eigenvalue weighted by Crippen LogP contribution is -2.13. The Bertz CT molecular complexity index is 564. The number of hydrogen-bond donors (Lipinski definition) is 2. The first-order valence-electron chi connectivity index (χ1n) is 4.86. The average Bonchev–Trinajstić information content (AvgIpc) is 2.63. The van der Waals surface area contributed by atoms with Crippen molar-refractivity contribution in [3.05, 3.63) is 28.4 Å². The van der Waals surface area contributed by atoms with Crippen LogP contribution in [0.4, 0.5) is 0 Å². The monoisotopic (exact) mass is 265 g/mol. The zero-order valence-corrected chi connectivity index (χ0v) is 11.0. The molecule has 0 aliphatic rings. The van der Waals surface area contributed by atoms with E-state index in [4.69, 9.17) is 11.1 Å². The lowest BCUT2D eigenvalue weighted by atomic mass is 10.2. The van der Waals surface area contributed by atoms with Crippen LogP contribution in [0, 0.1) is 19.3 Å². The molecule has 2 heterocycles. The van der Waals surface area contributed by atoms with E-state index < -0.39 is 0 Å². The normalized spacial score (nSPS) is 10.5. The number of nitrogen functional groups attached to an aromatic ring is 1. The predicted molar refractivity (Wildman–Crippen MR) is 68.8 cm³/mol. The third kappa shape index (κ3) is 2.80. The standard InChI is InChI=1S/C10H11N5S2/c1-5-3-4-7(8(11)12)9(13-5)17-10-15-14-6(2)16-10/h3-4H,1-2H3,(H3,11,12). The van der Waals surface area contributed by atoms with Gasteiger partial charge < -0.3 is 5.73 Å². The number of aryl methyl sites for hydroxylation is 2. The van der Waals surface area contributed by atoms with Crippen molar-refractivity contribution in [3.8, 4) is 0 Å². The molecule has 0 atom stereocenters. The van der Waals surface area contributed by atoms with Gasteiger partial charge in [0, 0.05) is 11.3 Å². The Balaban J connectivity index is 2.37. The van der Waals surface area contributed by atoms with Gasteiger partial charge in [-0.05, 0) is 37.7 Å². The fraction of sp³-hybridized carbons (Fsp3) is 0.200. The van der Waals surface area contributed by atoms with E-state index in [1.54, 1.807) is 6.07 Å². The summed E-state index contributed by atoms with van der Waals surface area (Å²) < 4.78 is 0.808. The number of pyridine rings is 1. The molecule has 0 saturated carbocycles. The van der Waals surface area contributed by atoms with Crippen molar-refractivity contribution in [2.24, 2.45) is 5.73 Å². The lowest BCUT2D eigenvalue weighted by molar-refractivity contribution is 0.977. The molecule has 88 valence electrons. The van der Waals surface area contributed by atoms with Gasteiger partial charge >= 0.3 is 0 Å². The number of nitrogens with two attached hydrogens (primary N) is 1. The van der Waals surface area contributed by atoms with Gasteiger partial charge in [-0.2, -0.15) is 0 Å². The van der Waals surface area contributed by atoms with Crippen molar-refractivity contribution in [2.45, 2.75) is 23.2 Å². The second-order valence-electron chi connectivity index (χ2n) is 3.41. The molecule has 0 aromatic carbocycles. The van der Waals surface area contributed by atoms with Gasteiger partial charge in [0.05, 0.1) is 0 Å². The largest absolute Gasteiger partial charge is 0.384 e. The molecule has 0 fully saturated rings. The lowest BCUT2D eigenvalue weighted by Gasteiger charge is -2.05. The van der Waals surface area contributed by atoms with Crippen LogP contribution in [-0.4, -0.2) is 21.0 Å². The fourth-order valence-corrected chi connectivity index (χ4v) is 3.12. The van der Waals surface area contributed by atoms with Crippen molar-refractivity contribution >= 4 is 28.9 Å². The van der Waals surface area contributed by atoms with Gasteiger partial charge in [-0.1, -0.05) is 11.3 Å². The van der Waals surface area contributed by atoms with Crippen LogP contribution in [0.3, 0.4) is 0 Å². The summed E-state index contributed by atoms with van der Waals surface area (Å²) in [6, 6.07) is 3.65. The zero-order valence-electron chi connectivity index (χ0n) is 9.39. The molecule has 17 heavy (non-hydrogen) atoms. The van der Waals surface area contributed by atoms with Gasteiger partial charge in [-0.3, -0.25) is 5.41 Å². The Morgan fingerprint density at radius 3 is 2.71 bits per heavy atom. The molecule has 5 nitrogen and oxygen atoms in total. The van der Waals surface area contributed by atoms with Crippen LogP contribution in [0.2, 0.25) is 0 Å². The summed E-state index contributed by atoms with van der Waals surface area (Å²) in [5, 5.41) is 17.1. The van der Waals surface area contributed by atoms with Crippen LogP contribution in [0.15, 0.2) is 21.5 Å².